The van der Waals surface area contributed by atoms with E-state index < -0.39 is 11.2 Å². The van der Waals surface area contributed by atoms with E-state index in [-0.39, 0.29) is 29.5 Å². The number of para-hydroxylation sites is 1. The van der Waals surface area contributed by atoms with Gasteiger partial charge in [-0.3, -0.25) is 14.5 Å². The number of anilines is 2. The minimum atomic E-state index is -1.56. The van der Waals surface area contributed by atoms with Crippen molar-refractivity contribution in [1.82, 2.24) is 0 Å². The van der Waals surface area contributed by atoms with E-state index in [1.165, 1.54) is 17.0 Å². The van der Waals surface area contributed by atoms with E-state index in [1.807, 2.05) is 6.07 Å². The molecule has 154 valence electrons. The molecule has 31 heavy (non-hydrogen) atoms. The molecule has 2 N–H and O–H groups in total. The molecular formula is C24H19FN4O2. The maximum absolute atomic E-state index is 13.8. The highest BCUT2D eigenvalue weighted by Gasteiger charge is 2.61. The summed E-state index contributed by atoms with van der Waals surface area (Å²) in [5.74, 6) is -0.862. The second kappa shape index (κ2) is 6.54. The minimum absolute atomic E-state index is 0.0209. The van der Waals surface area contributed by atoms with Crippen LogP contribution >= 0.6 is 0 Å². The van der Waals surface area contributed by atoms with Gasteiger partial charge in [-0.05, 0) is 43.2 Å². The van der Waals surface area contributed by atoms with E-state index in [9.17, 15) is 19.2 Å². The van der Waals surface area contributed by atoms with Crippen LogP contribution in [0.2, 0.25) is 0 Å². The molecule has 0 fully saturated rings. The van der Waals surface area contributed by atoms with Gasteiger partial charge in [-0.1, -0.05) is 18.2 Å². The molecule has 2 heterocycles. The number of nitrogens with zero attached hydrogens (tertiary/aromatic N) is 3. The number of carbonyl (C=O) groups excluding carboxylic acids is 2. The zero-order valence-electron chi connectivity index (χ0n) is 16.9. The summed E-state index contributed by atoms with van der Waals surface area (Å²) in [5, 5.41) is 10.2. The van der Waals surface area contributed by atoms with Crippen molar-refractivity contribution in [2.45, 2.75) is 24.7 Å². The van der Waals surface area contributed by atoms with Crippen LogP contribution in [0, 0.1) is 17.1 Å². The summed E-state index contributed by atoms with van der Waals surface area (Å²) >= 11 is 0. The zero-order valence-corrected chi connectivity index (χ0v) is 16.9. The quantitative estimate of drug-likeness (QED) is 0.774. The summed E-state index contributed by atoms with van der Waals surface area (Å²) in [5.41, 5.74) is 7.68. The molecule has 1 amide bonds. The van der Waals surface area contributed by atoms with Gasteiger partial charge in [0.05, 0.1) is 5.57 Å². The zero-order chi connectivity index (χ0) is 21.9. The average molecular weight is 414 g/mol. The third-order valence-corrected chi connectivity index (χ3v) is 6.39. The first-order valence-corrected chi connectivity index (χ1v) is 10.0. The molecule has 0 saturated carbocycles. The summed E-state index contributed by atoms with van der Waals surface area (Å²) in [6, 6.07) is 15.0. The Morgan fingerprint density at radius 1 is 1.10 bits per heavy atom. The van der Waals surface area contributed by atoms with Gasteiger partial charge in [0.25, 0.3) is 0 Å². The Bertz CT molecular complexity index is 1260. The van der Waals surface area contributed by atoms with Crippen molar-refractivity contribution in [1.29, 1.82) is 5.26 Å². The average Bonchev–Trinajstić information content (AvgIpc) is 2.98. The number of carbonyl (C=O) groups is 2. The summed E-state index contributed by atoms with van der Waals surface area (Å²) in [6.07, 6.45) is 1.40. The van der Waals surface area contributed by atoms with Crippen molar-refractivity contribution in [3.63, 3.8) is 0 Å². The van der Waals surface area contributed by atoms with Crippen molar-refractivity contribution < 1.29 is 14.0 Å². The summed E-state index contributed by atoms with van der Waals surface area (Å²) in [4.78, 5) is 30.3. The van der Waals surface area contributed by atoms with Crippen LogP contribution < -0.4 is 15.5 Å². The minimum Gasteiger partial charge on any atom is -0.384 e. The van der Waals surface area contributed by atoms with E-state index in [2.05, 4.69) is 6.07 Å². The molecule has 0 aromatic heterocycles. The van der Waals surface area contributed by atoms with Gasteiger partial charge in [-0.25, -0.2) is 4.39 Å². The van der Waals surface area contributed by atoms with Crippen LogP contribution in [-0.2, 0) is 15.0 Å². The van der Waals surface area contributed by atoms with Gasteiger partial charge in [0.1, 0.15) is 23.1 Å². The van der Waals surface area contributed by atoms with E-state index in [0.717, 1.165) is 0 Å². The Morgan fingerprint density at radius 3 is 2.52 bits per heavy atom. The van der Waals surface area contributed by atoms with Crippen LogP contribution in [0.3, 0.4) is 0 Å². The standard InChI is InChI=1S/C24H19FN4O2/c1-28-18-6-3-2-5-16(18)24(23(28)31)17(13-26)22(27)29(15-11-9-14(25)10-12-15)19-7-4-8-20(30)21(19)24/h2-3,5-6,9-12H,4,7-8,27H2,1H3/t24-/m0/s1. The van der Waals surface area contributed by atoms with Gasteiger partial charge in [0.15, 0.2) is 5.78 Å². The SMILES string of the molecule is CN1C(=O)[C@]2(C(C#N)=C(N)N(c3ccc(F)cc3)C3=C2C(=O)CCC3)c2ccccc21. The van der Waals surface area contributed by atoms with Crippen molar-refractivity contribution in [2.24, 2.45) is 5.73 Å². The van der Waals surface area contributed by atoms with Gasteiger partial charge in [-0.15, -0.1) is 0 Å². The molecule has 5 rings (SSSR count). The first kappa shape index (κ1) is 19.1. The summed E-state index contributed by atoms with van der Waals surface area (Å²) in [6.45, 7) is 0. The van der Waals surface area contributed by atoms with E-state index in [1.54, 1.807) is 42.3 Å². The lowest BCUT2D eigenvalue weighted by molar-refractivity contribution is -0.124. The number of likely N-dealkylation sites (N-methyl/N-ethyl adjacent to an activating group) is 1. The summed E-state index contributed by atoms with van der Waals surface area (Å²) < 4.78 is 13.6. The number of rotatable bonds is 1. The molecule has 6 nitrogen and oxygen atoms in total. The van der Waals surface area contributed by atoms with Crippen molar-refractivity contribution in [3.05, 3.63) is 82.6 Å². The lowest BCUT2D eigenvalue weighted by Crippen LogP contribution is -2.52. The lowest BCUT2D eigenvalue weighted by atomic mass is 9.64. The van der Waals surface area contributed by atoms with Gasteiger partial charge < -0.3 is 10.6 Å². The fourth-order valence-corrected chi connectivity index (χ4v) is 5.12. The lowest BCUT2D eigenvalue weighted by Gasteiger charge is -2.43. The second-order valence-corrected chi connectivity index (χ2v) is 7.91. The van der Waals surface area contributed by atoms with Crippen molar-refractivity contribution in [2.75, 3.05) is 16.8 Å². The van der Waals surface area contributed by atoms with Gasteiger partial charge in [0.2, 0.25) is 5.91 Å². The maximum Gasteiger partial charge on any atom is 0.247 e. The molecule has 1 spiro atoms. The smallest absolute Gasteiger partial charge is 0.247 e. The Balaban J connectivity index is 1.89. The number of nitriles is 1. The highest BCUT2D eigenvalue weighted by atomic mass is 19.1. The number of amides is 1. The number of ketones is 1. The predicted octanol–water partition coefficient (Wildman–Crippen LogP) is 3.26. The van der Waals surface area contributed by atoms with Gasteiger partial charge in [0, 0.05) is 41.7 Å². The highest BCUT2D eigenvalue weighted by Crippen LogP contribution is 2.56. The largest absolute Gasteiger partial charge is 0.384 e. The molecule has 7 heteroatoms. The molecule has 0 unspecified atom stereocenters. The van der Waals surface area contributed by atoms with Crippen LogP contribution in [0.15, 0.2) is 71.2 Å². The van der Waals surface area contributed by atoms with Crippen LogP contribution in [0.5, 0.6) is 0 Å². The van der Waals surface area contributed by atoms with Crippen LogP contribution in [0.4, 0.5) is 15.8 Å². The molecule has 1 aliphatic carbocycles. The summed E-state index contributed by atoms with van der Waals surface area (Å²) in [7, 11) is 1.64. The molecule has 0 saturated heterocycles. The Kier molecular flexibility index (Phi) is 4.02. The van der Waals surface area contributed by atoms with Gasteiger partial charge >= 0.3 is 0 Å². The Hall–Kier alpha value is -3.92. The number of allylic oxidation sites excluding steroid dienone is 1. The van der Waals surface area contributed by atoms with Crippen molar-refractivity contribution >= 4 is 23.1 Å². The fraction of sp³-hybridized carbons (Fsp3) is 0.208. The molecule has 0 radical (unpaired) electrons. The Labute approximate surface area is 178 Å². The number of fused-ring (bicyclic) bond motifs is 3. The normalized spacial score (nSPS) is 22.7. The molecule has 2 aromatic rings. The Morgan fingerprint density at radius 2 is 1.81 bits per heavy atom. The molecule has 2 aliphatic heterocycles. The number of benzene rings is 2. The number of Topliss-reactive ketones (excluding diaryl/α,β-unsaturated/α-hetero) is 1. The van der Waals surface area contributed by atoms with Crippen LogP contribution in [-0.4, -0.2) is 18.7 Å². The molecule has 2 aromatic carbocycles. The second-order valence-electron chi connectivity index (χ2n) is 7.91. The predicted molar refractivity (Wildman–Crippen MR) is 113 cm³/mol. The van der Waals surface area contributed by atoms with E-state index in [0.29, 0.717) is 41.1 Å². The first-order valence-electron chi connectivity index (χ1n) is 10.0. The number of nitrogens with two attached hydrogens (primary N) is 1. The monoisotopic (exact) mass is 414 g/mol. The molecule has 3 aliphatic rings. The maximum atomic E-state index is 13.8. The first-order chi connectivity index (χ1) is 14.9. The van der Waals surface area contributed by atoms with Crippen LogP contribution in [0.1, 0.15) is 24.8 Å². The van der Waals surface area contributed by atoms with Crippen molar-refractivity contribution in [3.8, 4) is 6.07 Å². The molecule has 1 atom stereocenters. The fourth-order valence-electron chi connectivity index (χ4n) is 5.12. The van der Waals surface area contributed by atoms with E-state index in [4.69, 9.17) is 5.73 Å². The number of hydrogen-bond acceptors (Lipinski definition) is 5. The number of halogens is 1. The van der Waals surface area contributed by atoms with Crippen LogP contribution in [0.25, 0.3) is 0 Å². The van der Waals surface area contributed by atoms with E-state index >= 15 is 0 Å². The topological polar surface area (TPSA) is 90.4 Å². The molecular weight excluding hydrogens is 395 g/mol. The highest BCUT2D eigenvalue weighted by molar-refractivity contribution is 6.20. The third-order valence-electron chi connectivity index (χ3n) is 6.39. The third kappa shape index (κ3) is 2.30. The number of hydrogen-bond donors (Lipinski definition) is 1. The van der Waals surface area contributed by atoms with Gasteiger partial charge in [-0.2, -0.15) is 5.26 Å². The molecule has 0 bridgehead atoms.